The molecular weight excluding hydrogens is 366 g/mol. The van der Waals surface area contributed by atoms with Gasteiger partial charge in [0.1, 0.15) is 0 Å². The fourth-order valence-corrected chi connectivity index (χ4v) is 2.64. The maximum Gasteiger partial charge on any atom is 0.270 e. The van der Waals surface area contributed by atoms with E-state index in [1.807, 2.05) is 30.3 Å². The van der Waals surface area contributed by atoms with E-state index < -0.39 is 10.8 Å². The second kappa shape index (κ2) is 8.33. The van der Waals surface area contributed by atoms with Gasteiger partial charge in [0, 0.05) is 35.1 Å². The number of nitro groups is 1. The molecule has 0 radical (unpaired) electrons. The third-order valence-corrected chi connectivity index (χ3v) is 4.14. The van der Waals surface area contributed by atoms with E-state index in [9.17, 15) is 14.9 Å². The van der Waals surface area contributed by atoms with Gasteiger partial charge < -0.3 is 10.6 Å². The highest BCUT2D eigenvalue weighted by Gasteiger charge is 2.17. The highest BCUT2D eigenvalue weighted by atomic mass is 35.5. The largest absolute Gasteiger partial charge is 0.380 e. The lowest BCUT2D eigenvalue weighted by atomic mass is 10.1. The van der Waals surface area contributed by atoms with Gasteiger partial charge in [-0.3, -0.25) is 14.9 Å². The van der Waals surface area contributed by atoms with Crippen LogP contribution in [0.3, 0.4) is 0 Å². The Balaban J connectivity index is 1.85. The lowest BCUT2D eigenvalue weighted by Crippen LogP contribution is -2.15. The molecule has 0 aliphatic carbocycles. The molecule has 27 heavy (non-hydrogen) atoms. The zero-order valence-electron chi connectivity index (χ0n) is 14.2. The number of nitrogens with zero attached hydrogens (tertiary/aromatic N) is 1. The monoisotopic (exact) mass is 381 g/mol. The molecule has 0 saturated heterocycles. The molecule has 0 aliphatic rings. The van der Waals surface area contributed by atoms with Crippen LogP contribution in [0.4, 0.5) is 17.1 Å². The number of amides is 1. The summed E-state index contributed by atoms with van der Waals surface area (Å²) in [5.41, 5.74) is 2.12. The van der Waals surface area contributed by atoms with Gasteiger partial charge in [0.15, 0.2) is 0 Å². The molecule has 6 nitrogen and oxygen atoms in total. The molecule has 3 aromatic carbocycles. The molecule has 0 fully saturated rings. The van der Waals surface area contributed by atoms with Crippen molar-refractivity contribution in [3.63, 3.8) is 0 Å². The number of benzene rings is 3. The van der Waals surface area contributed by atoms with E-state index in [1.54, 1.807) is 24.3 Å². The van der Waals surface area contributed by atoms with E-state index in [0.29, 0.717) is 22.9 Å². The zero-order valence-corrected chi connectivity index (χ0v) is 14.9. The SMILES string of the molecule is O=C(Nc1ccc(Cl)cc1)c1cc([N+](=O)[O-])ccc1NCc1ccccc1. The van der Waals surface area contributed by atoms with Crippen LogP contribution in [-0.4, -0.2) is 10.8 Å². The van der Waals surface area contributed by atoms with E-state index in [4.69, 9.17) is 11.6 Å². The quantitative estimate of drug-likeness (QED) is 0.459. The fourth-order valence-electron chi connectivity index (χ4n) is 2.51. The zero-order chi connectivity index (χ0) is 19.2. The van der Waals surface area contributed by atoms with Crippen molar-refractivity contribution in [1.82, 2.24) is 0 Å². The molecule has 0 aliphatic heterocycles. The van der Waals surface area contributed by atoms with Crippen molar-refractivity contribution in [2.24, 2.45) is 0 Å². The minimum Gasteiger partial charge on any atom is -0.380 e. The predicted octanol–water partition coefficient (Wildman–Crippen LogP) is 5.11. The van der Waals surface area contributed by atoms with Gasteiger partial charge >= 0.3 is 0 Å². The van der Waals surface area contributed by atoms with Crippen molar-refractivity contribution in [2.75, 3.05) is 10.6 Å². The van der Waals surface area contributed by atoms with E-state index in [1.165, 1.54) is 18.2 Å². The summed E-state index contributed by atoms with van der Waals surface area (Å²) < 4.78 is 0. The summed E-state index contributed by atoms with van der Waals surface area (Å²) in [6.45, 7) is 0.486. The summed E-state index contributed by atoms with van der Waals surface area (Å²) in [6.07, 6.45) is 0. The van der Waals surface area contributed by atoms with Crippen LogP contribution in [0.15, 0.2) is 72.8 Å². The predicted molar refractivity (Wildman–Crippen MR) is 106 cm³/mol. The van der Waals surface area contributed by atoms with Gasteiger partial charge in [-0.15, -0.1) is 0 Å². The Morgan fingerprint density at radius 2 is 1.70 bits per heavy atom. The Bertz CT molecular complexity index is 960. The van der Waals surface area contributed by atoms with Crippen molar-refractivity contribution >= 4 is 34.6 Å². The molecule has 0 unspecified atom stereocenters. The molecule has 0 spiro atoms. The summed E-state index contributed by atoms with van der Waals surface area (Å²) >= 11 is 5.85. The molecule has 136 valence electrons. The molecule has 0 bridgehead atoms. The Morgan fingerprint density at radius 3 is 2.37 bits per heavy atom. The average molecular weight is 382 g/mol. The molecular formula is C20H16ClN3O3. The van der Waals surface area contributed by atoms with Gasteiger partial charge in [-0.2, -0.15) is 0 Å². The molecule has 0 atom stereocenters. The molecule has 0 saturated carbocycles. The first-order chi connectivity index (χ1) is 13.0. The normalized spacial score (nSPS) is 10.3. The smallest absolute Gasteiger partial charge is 0.270 e. The Hall–Kier alpha value is -3.38. The van der Waals surface area contributed by atoms with Crippen LogP contribution in [-0.2, 0) is 6.54 Å². The number of nitrogens with one attached hydrogen (secondary N) is 2. The molecule has 7 heteroatoms. The summed E-state index contributed by atoms with van der Waals surface area (Å²) in [5.74, 6) is -0.448. The van der Waals surface area contributed by atoms with Gasteiger partial charge in [0.25, 0.3) is 11.6 Å². The highest BCUT2D eigenvalue weighted by Crippen LogP contribution is 2.24. The van der Waals surface area contributed by atoms with Crippen molar-refractivity contribution in [2.45, 2.75) is 6.54 Å². The lowest BCUT2D eigenvalue weighted by Gasteiger charge is -2.12. The van der Waals surface area contributed by atoms with Gasteiger partial charge in [-0.05, 0) is 35.9 Å². The maximum atomic E-state index is 12.7. The second-order valence-electron chi connectivity index (χ2n) is 5.79. The highest BCUT2D eigenvalue weighted by molar-refractivity contribution is 6.30. The Morgan fingerprint density at radius 1 is 1.00 bits per heavy atom. The number of halogens is 1. The van der Waals surface area contributed by atoms with Crippen LogP contribution in [0, 0.1) is 10.1 Å². The number of non-ortho nitro benzene ring substituents is 1. The molecule has 0 heterocycles. The van der Waals surface area contributed by atoms with Crippen molar-refractivity contribution in [3.8, 4) is 0 Å². The Kier molecular flexibility index (Phi) is 5.68. The topological polar surface area (TPSA) is 84.3 Å². The second-order valence-corrected chi connectivity index (χ2v) is 6.22. The number of rotatable bonds is 6. The number of hydrogen-bond acceptors (Lipinski definition) is 4. The van der Waals surface area contributed by atoms with Gasteiger partial charge in [0.2, 0.25) is 0 Å². The van der Waals surface area contributed by atoms with Crippen LogP contribution in [0.5, 0.6) is 0 Å². The summed E-state index contributed by atoms with van der Waals surface area (Å²) in [4.78, 5) is 23.3. The van der Waals surface area contributed by atoms with Crippen LogP contribution in [0.1, 0.15) is 15.9 Å². The van der Waals surface area contributed by atoms with E-state index in [0.717, 1.165) is 5.56 Å². The third-order valence-electron chi connectivity index (χ3n) is 3.89. The lowest BCUT2D eigenvalue weighted by molar-refractivity contribution is -0.384. The molecule has 1 amide bonds. The van der Waals surface area contributed by atoms with E-state index in [-0.39, 0.29) is 11.3 Å². The first-order valence-corrected chi connectivity index (χ1v) is 8.54. The summed E-state index contributed by atoms with van der Waals surface area (Å²) in [5, 5.41) is 17.5. The minimum atomic E-state index is -0.528. The standard InChI is InChI=1S/C20H16ClN3O3/c21-15-6-8-16(9-7-15)23-20(25)18-12-17(24(26)27)10-11-19(18)22-13-14-4-2-1-3-5-14/h1-12,22H,13H2,(H,23,25). The first kappa shape index (κ1) is 18.4. The minimum absolute atomic E-state index is 0.151. The summed E-state index contributed by atoms with van der Waals surface area (Å²) in [7, 11) is 0. The number of carbonyl (C=O) groups is 1. The number of anilines is 2. The van der Waals surface area contributed by atoms with Gasteiger partial charge in [-0.1, -0.05) is 41.9 Å². The molecule has 0 aromatic heterocycles. The number of nitro benzene ring substituents is 1. The third kappa shape index (κ3) is 4.83. The van der Waals surface area contributed by atoms with E-state index in [2.05, 4.69) is 10.6 Å². The maximum absolute atomic E-state index is 12.7. The molecule has 3 aromatic rings. The van der Waals surface area contributed by atoms with Crippen molar-refractivity contribution < 1.29 is 9.72 Å². The van der Waals surface area contributed by atoms with Crippen LogP contribution in [0.25, 0.3) is 0 Å². The average Bonchev–Trinajstić information content (AvgIpc) is 2.68. The van der Waals surface area contributed by atoms with Gasteiger partial charge in [-0.25, -0.2) is 0 Å². The Labute approximate surface area is 160 Å². The number of carbonyl (C=O) groups excluding carboxylic acids is 1. The van der Waals surface area contributed by atoms with E-state index >= 15 is 0 Å². The molecule has 3 rings (SSSR count). The van der Waals surface area contributed by atoms with Crippen molar-refractivity contribution in [1.29, 1.82) is 0 Å². The van der Waals surface area contributed by atoms with Gasteiger partial charge in [0.05, 0.1) is 10.5 Å². The van der Waals surface area contributed by atoms with Crippen LogP contribution >= 0.6 is 11.6 Å². The fraction of sp³-hybridized carbons (Fsp3) is 0.0500. The van der Waals surface area contributed by atoms with Crippen LogP contribution < -0.4 is 10.6 Å². The van der Waals surface area contributed by atoms with Crippen molar-refractivity contribution in [3.05, 3.63) is 99.1 Å². The number of hydrogen-bond donors (Lipinski definition) is 2. The first-order valence-electron chi connectivity index (χ1n) is 8.16. The van der Waals surface area contributed by atoms with Crippen LogP contribution in [0.2, 0.25) is 5.02 Å². The summed E-state index contributed by atoms with van der Waals surface area (Å²) in [6, 6.07) is 20.4. The molecule has 2 N–H and O–H groups in total.